The van der Waals surface area contributed by atoms with Gasteiger partial charge in [-0.3, -0.25) is 37.3 Å². The van der Waals surface area contributed by atoms with E-state index in [9.17, 15) is 43.2 Å². The fourth-order valence-electron chi connectivity index (χ4n) is 13.3. The quantitative estimate of drug-likeness (QED) is 0.0222. The Kier molecular flexibility index (Phi) is 73.4. The SMILES string of the molecule is CCC(C)CCCCCCCCCCC(=O)OC[C@H](COP(=O)(O)OC[C@H](O)COP(=O)(O)OC[C@@H](COC(=O)CCCCCCCCCCCCCCCCCCC(C)C)OC(=O)CCCCCCCCCCCCCCCCCCCCC(C)C)OC(=O)CCCCCCCCCCCCC(C)C. The number of phosphoric acid groups is 2. The molecule has 3 N–H and O–H groups in total. The van der Waals surface area contributed by atoms with Crippen LogP contribution >= 0.6 is 15.6 Å². The fourth-order valence-corrected chi connectivity index (χ4v) is 14.9. The average Bonchev–Trinajstić information content (AvgIpc) is 0.906. The predicted octanol–water partition coefficient (Wildman–Crippen LogP) is 25.9. The van der Waals surface area contributed by atoms with Crippen LogP contribution in [0.4, 0.5) is 0 Å². The third-order valence-corrected chi connectivity index (χ3v) is 22.3. The van der Waals surface area contributed by atoms with Crippen molar-refractivity contribution in [2.75, 3.05) is 39.6 Å². The Morgan fingerprint density at radius 3 is 0.676 bits per heavy atom. The number of unbranched alkanes of at least 4 members (excludes halogenated alkanes) is 48. The monoisotopic (exact) mass is 1540 g/mol. The molecule has 0 saturated heterocycles. The Morgan fingerprint density at radius 1 is 0.267 bits per heavy atom. The number of esters is 4. The number of rotatable bonds is 83. The largest absolute Gasteiger partial charge is 0.472 e. The first-order chi connectivity index (χ1) is 50.6. The van der Waals surface area contributed by atoms with E-state index in [4.69, 9.17) is 37.0 Å². The van der Waals surface area contributed by atoms with Crippen molar-refractivity contribution in [3.63, 3.8) is 0 Å². The summed E-state index contributed by atoms with van der Waals surface area (Å²) < 4.78 is 68.9. The average molecular weight is 1540 g/mol. The molecule has 0 spiro atoms. The van der Waals surface area contributed by atoms with Crippen molar-refractivity contribution in [1.29, 1.82) is 0 Å². The molecule has 0 heterocycles. The van der Waals surface area contributed by atoms with Crippen LogP contribution in [0.5, 0.6) is 0 Å². The summed E-state index contributed by atoms with van der Waals surface area (Å²) in [5.74, 6) is 1.05. The van der Waals surface area contributed by atoms with Crippen molar-refractivity contribution in [2.24, 2.45) is 23.7 Å². The van der Waals surface area contributed by atoms with Crippen LogP contribution in [0.15, 0.2) is 0 Å². The van der Waals surface area contributed by atoms with Gasteiger partial charge in [-0.05, 0) is 49.4 Å². The number of aliphatic hydroxyl groups excluding tert-OH is 1. The molecular weight excluding hydrogens is 1370 g/mol. The van der Waals surface area contributed by atoms with E-state index in [1.807, 2.05) is 0 Å². The predicted molar refractivity (Wildman–Crippen MR) is 432 cm³/mol. The molecule has 0 aliphatic rings. The van der Waals surface area contributed by atoms with E-state index >= 15 is 0 Å². The van der Waals surface area contributed by atoms with E-state index in [1.54, 1.807) is 0 Å². The van der Waals surface area contributed by atoms with Gasteiger partial charge in [0.2, 0.25) is 0 Å². The molecule has 17 nitrogen and oxygen atoms in total. The zero-order chi connectivity index (χ0) is 77.4. The van der Waals surface area contributed by atoms with Crippen molar-refractivity contribution in [2.45, 2.75) is 465 Å². The van der Waals surface area contributed by atoms with E-state index in [2.05, 4.69) is 55.4 Å². The fraction of sp³-hybridized carbons (Fsp3) is 0.953. The molecule has 3 unspecified atom stereocenters. The van der Waals surface area contributed by atoms with Crippen LogP contribution in [-0.4, -0.2) is 96.7 Å². The first-order valence-corrected chi connectivity index (χ1v) is 47.2. The van der Waals surface area contributed by atoms with E-state index in [1.165, 1.54) is 250 Å². The van der Waals surface area contributed by atoms with Gasteiger partial charge >= 0.3 is 39.5 Å². The minimum Gasteiger partial charge on any atom is -0.462 e. The molecule has 0 aliphatic carbocycles. The number of phosphoric ester groups is 2. The Hall–Kier alpha value is -1.94. The van der Waals surface area contributed by atoms with Crippen LogP contribution in [0, 0.1) is 23.7 Å². The van der Waals surface area contributed by atoms with Crippen LogP contribution < -0.4 is 0 Å². The van der Waals surface area contributed by atoms with Gasteiger partial charge in [-0.1, -0.05) is 396 Å². The molecule has 0 rings (SSSR count). The smallest absolute Gasteiger partial charge is 0.462 e. The third-order valence-electron chi connectivity index (χ3n) is 20.4. The summed E-state index contributed by atoms with van der Waals surface area (Å²) in [6.45, 7) is 14.3. The van der Waals surface area contributed by atoms with Crippen LogP contribution in [0.1, 0.15) is 447 Å². The second-order valence-electron chi connectivity index (χ2n) is 32.6. The Labute approximate surface area is 645 Å². The molecular formula is C86H168O17P2. The minimum absolute atomic E-state index is 0.105. The molecule has 0 aromatic carbocycles. The second kappa shape index (κ2) is 74.8. The summed E-state index contributed by atoms with van der Waals surface area (Å²) in [5.41, 5.74) is 0. The first-order valence-electron chi connectivity index (χ1n) is 44.2. The van der Waals surface area contributed by atoms with E-state index in [0.29, 0.717) is 25.7 Å². The lowest BCUT2D eigenvalue weighted by Crippen LogP contribution is -2.30. The van der Waals surface area contributed by atoms with Crippen molar-refractivity contribution in [3.05, 3.63) is 0 Å². The molecule has 0 aliphatic heterocycles. The van der Waals surface area contributed by atoms with Gasteiger partial charge in [-0.15, -0.1) is 0 Å². The van der Waals surface area contributed by atoms with Crippen molar-refractivity contribution in [1.82, 2.24) is 0 Å². The first kappa shape index (κ1) is 103. The molecule has 0 aromatic heterocycles. The molecule has 0 radical (unpaired) electrons. The van der Waals surface area contributed by atoms with E-state index < -0.39 is 97.5 Å². The summed E-state index contributed by atoms with van der Waals surface area (Å²) in [6, 6.07) is 0. The third kappa shape index (κ3) is 78.5. The van der Waals surface area contributed by atoms with E-state index in [0.717, 1.165) is 114 Å². The molecule has 0 amide bonds. The molecule has 6 atom stereocenters. The molecule has 19 heteroatoms. The number of carbonyl (C=O) groups is 4. The highest BCUT2D eigenvalue weighted by Crippen LogP contribution is 2.45. The van der Waals surface area contributed by atoms with Crippen LogP contribution in [0.3, 0.4) is 0 Å². The molecule has 0 saturated carbocycles. The number of hydrogen-bond acceptors (Lipinski definition) is 15. The molecule has 0 aromatic rings. The number of hydrogen-bond donors (Lipinski definition) is 3. The molecule has 0 fully saturated rings. The molecule has 0 bridgehead atoms. The van der Waals surface area contributed by atoms with Crippen LogP contribution in [-0.2, 0) is 65.4 Å². The summed E-state index contributed by atoms with van der Waals surface area (Å²) in [6.07, 6.45) is 63.9. The highest BCUT2D eigenvalue weighted by Gasteiger charge is 2.31. The van der Waals surface area contributed by atoms with Crippen molar-refractivity contribution < 1.29 is 80.2 Å². The van der Waals surface area contributed by atoms with Gasteiger partial charge in [0.25, 0.3) is 0 Å². The zero-order valence-electron chi connectivity index (χ0n) is 69.4. The van der Waals surface area contributed by atoms with Crippen molar-refractivity contribution in [3.8, 4) is 0 Å². The maximum atomic E-state index is 13.2. The maximum absolute atomic E-state index is 13.2. The maximum Gasteiger partial charge on any atom is 0.472 e. The summed E-state index contributed by atoms with van der Waals surface area (Å²) in [7, 11) is -9.93. The highest BCUT2D eigenvalue weighted by atomic mass is 31.2. The highest BCUT2D eigenvalue weighted by molar-refractivity contribution is 7.47. The minimum atomic E-state index is -4.97. The topological polar surface area (TPSA) is 237 Å². The Bertz CT molecular complexity index is 2040. The Balaban J connectivity index is 5.24. The van der Waals surface area contributed by atoms with Gasteiger partial charge in [0.05, 0.1) is 26.4 Å². The standard InChI is InChI=1S/C86H168O17P2/c1-9-79(8)65-57-49-41-36-37-43-51-59-67-84(89)97-73-82(103-86(91)69-61-53-45-35-29-28-32-40-48-56-64-78(6)7)75-101-105(94,95)99-71-80(87)70-98-104(92,93)100-74-81(72-96-83(88)66-58-50-42-33-26-22-18-15-14-17-21-25-31-39-47-55-63-77(4)5)102-85(90)68-60-52-44-34-27-23-19-13-11-10-12-16-20-24-30-38-46-54-62-76(2)3/h76-82,87H,9-75H2,1-8H3,(H,92,93)(H,94,95)/t79?,80-,81-,82-/m1/s1. The number of ether oxygens (including phenoxy) is 4. The van der Waals surface area contributed by atoms with Gasteiger partial charge in [0.1, 0.15) is 19.3 Å². The zero-order valence-corrected chi connectivity index (χ0v) is 71.2. The summed E-state index contributed by atoms with van der Waals surface area (Å²) in [4.78, 5) is 73.2. The number of carbonyl (C=O) groups excluding carboxylic acids is 4. The van der Waals surface area contributed by atoms with E-state index in [-0.39, 0.29) is 25.7 Å². The summed E-state index contributed by atoms with van der Waals surface area (Å²) in [5, 5.41) is 10.7. The summed E-state index contributed by atoms with van der Waals surface area (Å²) >= 11 is 0. The van der Waals surface area contributed by atoms with Gasteiger partial charge in [-0.2, -0.15) is 0 Å². The normalized spacial score (nSPS) is 14.2. The lowest BCUT2D eigenvalue weighted by molar-refractivity contribution is -0.161. The van der Waals surface area contributed by atoms with Gasteiger partial charge in [0, 0.05) is 25.7 Å². The molecule has 624 valence electrons. The van der Waals surface area contributed by atoms with Crippen LogP contribution in [0.2, 0.25) is 0 Å². The van der Waals surface area contributed by atoms with Crippen LogP contribution in [0.25, 0.3) is 0 Å². The second-order valence-corrected chi connectivity index (χ2v) is 35.5. The number of aliphatic hydroxyl groups is 1. The lowest BCUT2D eigenvalue weighted by Gasteiger charge is -2.21. The van der Waals surface area contributed by atoms with Crippen molar-refractivity contribution >= 4 is 39.5 Å². The van der Waals surface area contributed by atoms with Gasteiger partial charge in [-0.25, -0.2) is 9.13 Å². The van der Waals surface area contributed by atoms with Gasteiger partial charge in [0.15, 0.2) is 12.2 Å². The van der Waals surface area contributed by atoms with Gasteiger partial charge < -0.3 is 33.8 Å². The lowest BCUT2D eigenvalue weighted by atomic mass is 9.99. The Morgan fingerprint density at radius 2 is 0.457 bits per heavy atom. The molecule has 105 heavy (non-hydrogen) atoms.